The molecule has 1 aliphatic rings. The summed E-state index contributed by atoms with van der Waals surface area (Å²) in [6, 6.07) is 0. The van der Waals surface area contributed by atoms with E-state index in [4.69, 9.17) is 5.73 Å². The summed E-state index contributed by atoms with van der Waals surface area (Å²) in [6.45, 7) is 5.43. The van der Waals surface area contributed by atoms with Crippen LogP contribution in [0.25, 0.3) is 5.78 Å². The number of rotatable bonds is 4. The average Bonchev–Trinajstić information content (AvgIpc) is 3.06. The summed E-state index contributed by atoms with van der Waals surface area (Å²) >= 11 is 0. The number of hydrogen-bond donors (Lipinski definition) is 1. The number of nitrogens with two attached hydrogens (primary N) is 1. The van der Waals surface area contributed by atoms with E-state index >= 15 is 0 Å². The average molecular weight is 384 g/mol. The van der Waals surface area contributed by atoms with Gasteiger partial charge in [0, 0.05) is 30.9 Å². The van der Waals surface area contributed by atoms with E-state index in [9.17, 15) is 18.0 Å². The highest BCUT2D eigenvalue weighted by molar-refractivity contribution is 5.76. The van der Waals surface area contributed by atoms with Crippen LogP contribution in [0.2, 0.25) is 0 Å². The van der Waals surface area contributed by atoms with E-state index in [1.165, 1.54) is 0 Å². The van der Waals surface area contributed by atoms with Gasteiger partial charge >= 0.3 is 6.18 Å². The van der Waals surface area contributed by atoms with Crippen molar-refractivity contribution < 1.29 is 18.0 Å². The number of nitrogens with zero attached hydrogens (tertiary/aromatic N) is 5. The highest BCUT2D eigenvalue weighted by Crippen LogP contribution is 2.27. The Morgan fingerprint density at radius 2 is 1.89 bits per heavy atom. The third-order valence-electron chi connectivity index (χ3n) is 5.19. The maximum atomic E-state index is 12.8. The van der Waals surface area contributed by atoms with Gasteiger partial charge in [0.05, 0.1) is 0 Å². The number of fused-ring (bicyclic) bond motifs is 1. The van der Waals surface area contributed by atoms with Crippen molar-refractivity contribution in [2.45, 2.75) is 45.7 Å². The highest BCUT2D eigenvalue weighted by atomic mass is 19.4. The lowest BCUT2D eigenvalue weighted by atomic mass is 9.96. The number of carbonyl (C=O) groups excluding carboxylic acids is 1. The van der Waals surface area contributed by atoms with Gasteiger partial charge in [-0.2, -0.15) is 18.2 Å². The smallest absolute Gasteiger partial charge is 0.343 e. The first-order chi connectivity index (χ1) is 12.7. The van der Waals surface area contributed by atoms with Crippen LogP contribution < -0.4 is 5.73 Å². The molecule has 2 aromatic rings. The second-order valence-electron chi connectivity index (χ2n) is 6.97. The van der Waals surface area contributed by atoms with Gasteiger partial charge in [-0.05, 0) is 51.1 Å². The second kappa shape index (κ2) is 7.41. The Morgan fingerprint density at radius 1 is 1.22 bits per heavy atom. The molecule has 1 amide bonds. The molecule has 3 rings (SSSR count). The van der Waals surface area contributed by atoms with Crippen LogP contribution in [0, 0.1) is 19.8 Å². The van der Waals surface area contributed by atoms with Crippen LogP contribution in [0.5, 0.6) is 0 Å². The zero-order valence-corrected chi connectivity index (χ0v) is 15.4. The third kappa shape index (κ3) is 4.05. The topological polar surface area (TPSA) is 89.4 Å². The number of halogens is 3. The van der Waals surface area contributed by atoms with E-state index in [0.717, 1.165) is 22.9 Å². The Balaban J connectivity index is 1.74. The number of likely N-dealkylation sites (tertiary alicyclic amines) is 1. The number of aryl methyl sites for hydroxylation is 2. The van der Waals surface area contributed by atoms with Crippen LogP contribution in [-0.4, -0.2) is 50.0 Å². The van der Waals surface area contributed by atoms with E-state index in [2.05, 4.69) is 15.1 Å². The molecule has 0 saturated carbocycles. The lowest BCUT2D eigenvalue weighted by molar-refractivity contribution is -0.144. The molecule has 0 radical (unpaired) electrons. The SMILES string of the molecule is Cc1nc2nc(C(F)(F)F)nn2c(C)c1CCC(=O)N1CCC(CN)CC1. The first-order valence-electron chi connectivity index (χ1n) is 8.98. The molecule has 1 fully saturated rings. The van der Waals surface area contributed by atoms with Crippen molar-refractivity contribution in [1.29, 1.82) is 0 Å². The van der Waals surface area contributed by atoms with Gasteiger partial charge in [0.15, 0.2) is 0 Å². The molecule has 7 nitrogen and oxygen atoms in total. The van der Waals surface area contributed by atoms with Crippen LogP contribution in [0.15, 0.2) is 0 Å². The van der Waals surface area contributed by atoms with E-state index < -0.39 is 12.0 Å². The molecule has 0 spiro atoms. The summed E-state index contributed by atoms with van der Waals surface area (Å²) in [7, 11) is 0. The van der Waals surface area contributed by atoms with Gasteiger partial charge in [-0.3, -0.25) is 4.79 Å². The highest BCUT2D eigenvalue weighted by Gasteiger charge is 2.37. The van der Waals surface area contributed by atoms with Gasteiger partial charge < -0.3 is 10.6 Å². The molecule has 0 aromatic carbocycles. The molecular formula is C17H23F3N6O. The maximum Gasteiger partial charge on any atom is 0.453 e. The van der Waals surface area contributed by atoms with Crippen LogP contribution in [0.1, 0.15) is 42.0 Å². The Hall–Kier alpha value is -2.23. The second-order valence-corrected chi connectivity index (χ2v) is 6.97. The molecule has 0 aliphatic carbocycles. The molecule has 1 saturated heterocycles. The minimum atomic E-state index is -4.63. The van der Waals surface area contributed by atoms with Crippen molar-refractivity contribution in [3.8, 4) is 0 Å². The van der Waals surface area contributed by atoms with Crippen LogP contribution in [0.3, 0.4) is 0 Å². The standard InChI is InChI=1S/C17H23F3N6O/c1-10-13(3-4-14(27)25-7-5-12(9-21)6-8-25)11(2)26-16(22-10)23-15(24-26)17(18,19)20/h12H,3-9,21H2,1-2H3. The lowest BCUT2D eigenvalue weighted by Crippen LogP contribution is -2.40. The van der Waals surface area contributed by atoms with E-state index in [0.29, 0.717) is 43.4 Å². The van der Waals surface area contributed by atoms with Gasteiger partial charge in [-0.25, -0.2) is 9.50 Å². The van der Waals surface area contributed by atoms with Gasteiger partial charge in [-0.1, -0.05) is 0 Å². The molecule has 0 atom stereocenters. The normalized spacial score (nSPS) is 16.3. The number of alkyl halides is 3. The van der Waals surface area contributed by atoms with Gasteiger partial charge in [0.1, 0.15) is 0 Å². The van der Waals surface area contributed by atoms with Crippen LogP contribution in [0.4, 0.5) is 13.2 Å². The molecule has 0 bridgehead atoms. The lowest BCUT2D eigenvalue weighted by Gasteiger charge is -2.31. The quantitative estimate of drug-likeness (QED) is 0.870. The number of hydrogen-bond acceptors (Lipinski definition) is 5. The van der Waals surface area contributed by atoms with Gasteiger partial charge in [0.25, 0.3) is 11.6 Å². The Morgan fingerprint density at radius 3 is 2.48 bits per heavy atom. The van der Waals surface area contributed by atoms with E-state index in [1.807, 2.05) is 4.90 Å². The summed E-state index contributed by atoms with van der Waals surface area (Å²) in [6.07, 6.45) is -2.12. The fourth-order valence-corrected chi connectivity index (χ4v) is 3.50. The van der Waals surface area contributed by atoms with E-state index in [1.54, 1.807) is 13.8 Å². The number of carbonyl (C=O) groups is 1. The Kier molecular flexibility index (Phi) is 5.36. The first kappa shape index (κ1) is 19.5. The molecular weight excluding hydrogens is 361 g/mol. The molecule has 1 aliphatic heterocycles. The third-order valence-corrected chi connectivity index (χ3v) is 5.19. The van der Waals surface area contributed by atoms with Crippen LogP contribution >= 0.6 is 0 Å². The Labute approximate surface area is 154 Å². The van der Waals surface area contributed by atoms with E-state index in [-0.39, 0.29) is 18.1 Å². The van der Waals surface area contributed by atoms with Crippen molar-refractivity contribution in [3.05, 3.63) is 22.8 Å². The van der Waals surface area contributed by atoms with Gasteiger partial charge in [-0.15, -0.1) is 5.10 Å². The minimum Gasteiger partial charge on any atom is -0.343 e. The number of amides is 1. The molecule has 148 valence electrons. The molecule has 2 aromatic heterocycles. The van der Waals surface area contributed by atoms with Crippen molar-refractivity contribution in [2.75, 3.05) is 19.6 Å². The fraction of sp³-hybridized carbons (Fsp3) is 0.647. The van der Waals surface area contributed by atoms with Crippen molar-refractivity contribution in [3.63, 3.8) is 0 Å². The number of piperidine rings is 1. The number of aromatic nitrogens is 4. The van der Waals surface area contributed by atoms with Crippen molar-refractivity contribution >= 4 is 11.7 Å². The van der Waals surface area contributed by atoms with Crippen LogP contribution in [-0.2, 0) is 17.4 Å². The first-order valence-corrected chi connectivity index (χ1v) is 8.98. The summed E-state index contributed by atoms with van der Waals surface area (Å²) in [5.74, 6) is -0.788. The monoisotopic (exact) mass is 384 g/mol. The summed E-state index contributed by atoms with van der Waals surface area (Å²) in [4.78, 5) is 21.9. The molecule has 0 unspecified atom stereocenters. The largest absolute Gasteiger partial charge is 0.453 e. The minimum absolute atomic E-state index is 0.0407. The summed E-state index contributed by atoms with van der Waals surface area (Å²) in [5.41, 5.74) is 7.49. The molecule has 3 heterocycles. The Bertz CT molecular complexity index is 839. The fourth-order valence-electron chi connectivity index (χ4n) is 3.50. The predicted molar refractivity (Wildman–Crippen MR) is 91.9 cm³/mol. The van der Waals surface area contributed by atoms with Crippen molar-refractivity contribution in [2.24, 2.45) is 11.7 Å². The zero-order valence-electron chi connectivity index (χ0n) is 15.4. The zero-order chi connectivity index (χ0) is 19.8. The predicted octanol–water partition coefficient (Wildman–Crippen LogP) is 1.89. The molecule has 10 heteroatoms. The van der Waals surface area contributed by atoms with Crippen molar-refractivity contribution in [1.82, 2.24) is 24.5 Å². The maximum absolute atomic E-state index is 12.8. The summed E-state index contributed by atoms with van der Waals surface area (Å²) in [5, 5.41) is 3.53. The van der Waals surface area contributed by atoms with Gasteiger partial charge in [0.2, 0.25) is 5.91 Å². The molecule has 2 N–H and O–H groups in total. The molecule has 27 heavy (non-hydrogen) atoms. The summed E-state index contributed by atoms with van der Waals surface area (Å²) < 4.78 is 39.6.